The SMILES string of the molecule is CCCCc1ccnc(-n2c3ccccc3c3ccc(Oc4cc(C(C)C)cc(-n5nc(C)c(C6C(C)=C[C@H](C(C)C)C[C@@H]6C)c5C)c4)cc32)c1. The molecule has 1 unspecified atom stereocenters. The molecule has 3 aromatic heterocycles. The molecule has 0 radical (unpaired) electrons. The van der Waals surface area contributed by atoms with Gasteiger partial charge in [-0.1, -0.05) is 77.8 Å². The van der Waals surface area contributed by atoms with Crippen molar-refractivity contribution >= 4 is 21.8 Å². The molecule has 0 bridgehead atoms. The molecule has 5 heteroatoms. The largest absolute Gasteiger partial charge is 0.457 e. The number of para-hydroxylation sites is 1. The smallest absolute Gasteiger partial charge is 0.137 e. The van der Waals surface area contributed by atoms with Crippen LogP contribution < -0.4 is 4.74 Å². The predicted octanol–water partition coefficient (Wildman–Crippen LogP) is 12.6. The van der Waals surface area contributed by atoms with Crippen LogP contribution in [0.5, 0.6) is 11.5 Å². The second kappa shape index (κ2) is 14.2. The summed E-state index contributed by atoms with van der Waals surface area (Å²) in [5.74, 6) is 5.13. The van der Waals surface area contributed by atoms with Gasteiger partial charge in [-0.25, -0.2) is 9.67 Å². The van der Waals surface area contributed by atoms with E-state index < -0.39 is 0 Å². The highest BCUT2D eigenvalue weighted by Gasteiger charge is 2.33. The summed E-state index contributed by atoms with van der Waals surface area (Å²) in [6, 6.07) is 26.0. The van der Waals surface area contributed by atoms with Gasteiger partial charge in [-0.3, -0.25) is 4.57 Å². The number of aryl methyl sites for hydroxylation is 2. The Balaban J connectivity index is 1.29. The summed E-state index contributed by atoms with van der Waals surface area (Å²) >= 11 is 0. The van der Waals surface area contributed by atoms with Gasteiger partial charge in [-0.15, -0.1) is 0 Å². The van der Waals surface area contributed by atoms with E-state index in [0.717, 1.165) is 46.2 Å². The fourth-order valence-corrected chi connectivity index (χ4v) is 8.49. The maximum absolute atomic E-state index is 6.78. The Labute approximate surface area is 304 Å². The van der Waals surface area contributed by atoms with Crippen LogP contribution in [0.4, 0.5) is 0 Å². The van der Waals surface area contributed by atoms with Crippen LogP contribution in [0.2, 0.25) is 0 Å². The van der Waals surface area contributed by atoms with Gasteiger partial charge in [0.05, 0.1) is 22.4 Å². The predicted molar refractivity (Wildman–Crippen MR) is 213 cm³/mol. The first-order valence-electron chi connectivity index (χ1n) is 19.1. The fraction of sp³-hybridized carbons (Fsp3) is 0.391. The number of ether oxygens (including phenoxy) is 1. The van der Waals surface area contributed by atoms with E-state index in [9.17, 15) is 0 Å². The average molecular weight is 679 g/mol. The summed E-state index contributed by atoms with van der Waals surface area (Å²) in [4.78, 5) is 4.86. The summed E-state index contributed by atoms with van der Waals surface area (Å²) in [5, 5.41) is 7.58. The van der Waals surface area contributed by atoms with Crippen LogP contribution >= 0.6 is 0 Å². The van der Waals surface area contributed by atoms with E-state index in [1.165, 1.54) is 58.0 Å². The van der Waals surface area contributed by atoms with Crippen molar-refractivity contribution in [1.29, 1.82) is 0 Å². The Morgan fingerprint density at radius 1 is 0.863 bits per heavy atom. The van der Waals surface area contributed by atoms with Crippen molar-refractivity contribution in [2.75, 3.05) is 0 Å². The van der Waals surface area contributed by atoms with Crippen LogP contribution in [0.15, 0.2) is 90.6 Å². The molecule has 0 saturated carbocycles. The molecule has 264 valence electrons. The number of hydrogen-bond acceptors (Lipinski definition) is 3. The van der Waals surface area contributed by atoms with E-state index >= 15 is 0 Å². The Kier molecular flexibility index (Phi) is 9.67. The topological polar surface area (TPSA) is 44.9 Å². The van der Waals surface area contributed by atoms with Gasteiger partial charge in [0.25, 0.3) is 0 Å². The molecule has 1 aliphatic rings. The van der Waals surface area contributed by atoms with Gasteiger partial charge in [-0.2, -0.15) is 5.10 Å². The molecule has 0 saturated heterocycles. The first-order chi connectivity index (χ1) is 24.5. The van der Waals surface area contributed by atoms with Crippen LogP contribution in [0, 0.1) is 31.6 Å². The van der Waals surface area contributed by atoms with Gasteiger partial charge in [0.1, 0.15) is 17.3 Å². The Bertz CT molecular complexity index is 2230. The molecule has 51 heavy (non-hydrogen) atoms. The van der Waals surface area contributed by atoms with Gasteiger partial charge in [0.15, 0.2) is 0 Å². The first-order valence-corrected chi connectivity index (χ1v) is 19.1. The van der Waals surface area contributed by atoms with Gasteiger partial charge < -0.3 is 4.74 Å². The van der Waals surface area contributed by atoms with E-state index in [2.05, 4.69) is 150 Å². The van der Waals surface area contributed by atoms with Crippen LogP contribution in [0.25, 0.3) is 33.3 Å². The quantitative estimate of drug-likeness (QED) is 0.135. The van der Waals surface area contributed by atoms with E-state index in [0.29, 0.717) is 29.6 Å². The van der Waals surface area contributed by atoms with Crippen molar-refractivity contribution in [3.8, 4) is 23.0 Å². The lowest BCUT2D eigenvalue weighted by Gasteiger charge is -2.35. The van der Waals surface area contributed by atoms with Crippen molar-refractivity contribution in [1.82, 2.24) is 19.3 Å². The summed E-state index contributed by atoms with van der Waals surface area (Å²) in [6.45, 7) is 20.6. The van der Waals surface area contributed by atoms with Crippen molar-refractivity contribution in [3.05, 3.63) is 119 Å². The van der Waals surface area contributed by atoms with Gasteiger partial charge in [0, 0.05) is 46.3 Å². The average Bonchev–Trinajstić information content (AvgIpc) is 3.59. The lowest BCUT2D eigenvalue weighted by molar-refractivity contribution is 0.317. The number of hydrogen-bond donors (Lipinski definition) is 0. The third-order valence-corrected chi connectivity index (χ3v) is 11.3. The molecule has 5 nitrogen and oxygen atoms in total. The summed E-state index contributed by atoms with van der Waals surface area (Å²) < 4.78 is 11.2. The molecular weight excluding hydrogens is 625 g/mol. The zero-order valence-electron chi connectivity index (χ0n) is 32.0. The molecule has 0 amide bonds. The summed E-state index contributed by atoms with van der Waals surface area (Å²) in [5.41, 5.74) is 11.0. The summed E-state index contributed by atoms with van der Waals surface area (Å²) in [7, 11) is 0. The maximum Gasteiger partial charge on any atom is 0.137 e. The van der Waals surface area contributed by atoms with Crippen molar-refractivity contribution in [2.45, 2.75) is 99.8 Å². The monoisotopic (exact) mass is 678 g/mol. The molecule has 6 aromatic rings. The third-order valence-electron chi connectivity index (χ3n) is 11.3. The number of fused-ring (bicyclic) bond motifs is 3. The number of aromatic nitrogens is 4. The van der Waals surface area contributed by atoms with Crippen LogP contribution in [0.3, 0.4) is 0 Å². The number of rotatable bonds is 10. The first kappa shape index (κ1) is 34.8. The fourth-order valence-electron chi connectivity index (χ4n) is 8.49. The highest BCUT2D eigenvalue weighted by atomic mass is 16.5. The van der Waals surface area contributed by atoms with Crippen LogP contribution in [-0.2, 0) is 6.42 Å². The summed E-state index contributed by atoms with van der Waals surface area (Å²) in [6.07, 6.45) is 9.08. The Hall–Kier alpha value is -4.64. The number of nitrogens with zero attached hydrogens (tertiary/aromatic N) is 4. The number of pyridine rings is 1. The molecule has 3 heterocycles. The van der Waals surface area contributed by atoms with Crippen molar-refractivity contribution in [3.63, 3.8) is 0 Å². The van der Waals surface area contributed by atoms with E-state index in [4.69, 9.17) is 14.8 Å². The number of unbranched alkanes of at least 4 members (excludes halogenated alkanes) is 1. The molecule has 0 aliphatic heterocycles. The van der Waals surface area contributed by atoms with Gasteiger partial charge >= 0.3 is 0 Å². The van der Waals surface area contributed by atoms with E-state index in [1.54, 1.807) is 0 Å². The highest BCUT2D eigenvalue weighted by molar-refractivity contribution is 6.09. The Morgan fingerprint density at radius 2 is 1.65 bits per heavy atom. The molecule has 1 aliphatic carbocycles. The zero-order valence-corrected chi connectivity index (χ0v) is 32.0. The highest BCUT2D eigenvalue weighted by Crippen LogP contribution is 2.45. The van der Waals surface area contributed by atoms with Gasteiger partial charge in [-0.05, 0) is 117 Å². The lowest BCUT2D eigenvalue weighted by Crippen LogP contribution is -2.24. The molecule has 0 fully saturated rings. The molecule has 3 atom stereocenters. The van der Waals surface area contributed by atoms with E-state index in [-0.39, 0.29) is 0 Å². The molecule has 7 rings (SSSR count). The van der Waals surface area contributed by atoms with Crippen molar-refractivity contribution in [2.24, 2.45) is 17.8 Å². The molecule has 0 spiro atoms. The molecule has 0 N–H and O–H groups in total. The minimum absolute atomic E-state index is 0.330. The van der Waals surface area contributed by atoms with Crippen molar-refractivity contribution < 1.29 is 4.74 Å². The normalized spacial score (nSPS) is 17.9. The zero-order chi connectivity index (χ0) is 36.0. The number of benzene rings is 3. The van der Waals surface area contributed by atoms with E-state index in [1.807, 2.05) is 6.20 Å². The maximum atomic E-state index is 6.78. The lowest BCUT2D eigenvalue weighted by atomic mass is 9.69. The number of allylic oxidation sites excluding steroid dienone is 2. The van der Waals surface area contributed by atoms with Gasteiger partial charge in [0.2, 0.25) is 0 Å². The van der Waals surface area contributed by atoms with Crippen LogP contribution in [-0.4, -0.2) is 19.3 Å². The molecular formula is C46H54N4O. The van der Waals surface area contributed by atoms with Crippen LogP contribution in [0.1, 0.15) is 108 Å². The Morgan fingerprint density at radius 3 is 2.39 bits per heavy atom. The standard InChI is InChI=1S/C46H54N4O/c1-10-11-14-34-19-20-47-44(23-34)49-42-16-13-12-15-40(42)41-18-17-38(27-43(41)49)51-39-25-36(29(4)5)24-37(26-39)50-33(9)46(32(8)48-50)45-30(6)21-35(28(2)3)22-31(45)7/h12-13,15-21,23-29,31,35,45H,10-11,14,22H2,1-9H3/t31-,35-,45?/m0/s1. The second-order valence-electron chi connectivity index (χ2n) is 15.7. The third kappa shape index (κ3) is 6.64. The minimum Gasteiger partial charge on any atom is -0.457 e. The minimum atomic E-state index is 0.330. The second-order valence-corrected chi connectivity index (χ2v) is 15.7. The molecule has 3 aromatic carbocycles.